The maximum Gasteiger partial charge on any atom is 0.321 e. The van der Waals surface area contributed by atoms with Gasteiger partial charge in [0.25, 0.3) is 0 Å². The Morgan fingerprint density at radius 1 is 1.25 bits per heavy atom. The van der Waals surface area contributed by atoms with E-state index in [2.05, 4.69) is 5.32 Å². The Bertz CT molecular complexity index is 363. The van der Waals surface area contributed by atoms with Crippen LogP contribution in [0.4, 0.5) is 10.5 Å². The lowest BCUT2D eigenvalue weighted by atomic mass is 10.3. The van der Waals surface area contributed by atoms with Crippen LogP contribution in [-0.2, 0) is 0 Å². The number of hydrogen-bond acceptors (Lipinski definition) is 2. The number of hydrogen-bond donors (Lipinski definition) is 1. The van der Waals surface area contributed by atoms with E-state index in [4.69, 9.17) is 11.6 Å². The third-order valence-electron chi connectivity index (χ3n) is 2.39. The summed E-state index contributed by atoms with van der Waals surface area (Å²) in [6, 6.07) is 7.12. The van der Waals surface area contributed by atoms with Gasteiger partial charge in [-0.15, -0.1) is 0 Å². The van der Waals surface area contributed by atoms with Gasteiger partial charge in [-0.2, -0.15) is 11.8 Å². The van der Waals surface area contributed by atoms with Crippen LogP contribution in [0.15, 0.2) is 24.3 Å². The van der Waals surface area contributed by atoms with Gasteiger partial charge in [0.15, 0.2) is 0 Å². The summed E-state index contributed by atoms with van der Waals surface area (Å²) in [6.07, 6.45) is 0. The fourth-order valence-electron chi connectivity index (χ4n) is 1.50. The molecule has 0 saturated carbocycles. The molecule has 5 heteroatoms. The first-order chi connectivity index (χ1) is 7.75. The van der Waals surface area contributed by atoms with Crippen molar-refractivity contribution in [1.29, 1.82) is 0 Å². The van der Waals surface area contributed by atoms with E-state index >= 15 is 0 Å². The average Bonchev–Trinajstić information content (AvgIpc) is 2.33. The van der Waals surface area contributed by atoms with Crippen molar-refractivity contribution in [3.63, 3.8) is 0 Å². The van der Waals surface area contributed by atoms with Crippen LogP contribution in [0.5, 0.6) is 0 Å². The number of anilines is 1. The lowest BCUT2D eigenvalue weighted by molar-refractivity contribution is 0.217. The second-order valence-electron chi connectivity index (χ2n) is 3.54. The molecule has 86 valence electrons. The third-order valence-corrected chi connectivity index (χ3v) is 3.59. The van der Waals surface area contributed by atoms with Crippen molar-refractivity contribution in [2.75, 3.05) is 29.9 Å². The molecule has 1 aliphatic heterocycles. The molecule has 0 aliphatic carbocycles. The summed E-state index contributed by atoms with van der Waals surface area (Å²) in [7, 11) is 0. The number of nitrogens with zero attached hydrogens (tertiary/aromatic N) is 1. The number of amides is 2. The summed E-state index contributed by atoms with van der Waals surface area (Å²) in [5.41, 5.74) is 0.785. The first kappa shape index (κ1) is 11.6. The minimum Gasteiger partial charge on any atom is -0.323 e. The fourth-order valence-corrected chi connectivity index (χ4v) is 2.53. The van der Waals surface area contributed by atoms with Crippen molar-refractivity contribution in [1.82, 2.24) is 4.90 Å². The highest BCUT2D eigenvalue weighted by molar-refractivity contribution is 7.99. The molecule has 1 fully saturated rings. The average molecular weight is 257 g/mol. The van der Waals surface area contributed by atoms with E-state index in [0.717, 1.165) is 30.3 Å². The van der Waals surface area contributed by atoms with Crippen LogP contribution < -0.4 is 5.32 Å². The molecule has 2 rings (SSSR count). The van der Waals surface area contributed by atoms with Crippen molar-refractivity contribution in [3.8, 4) is 0 Å². The molecule has 1 saturated heterocycles. The second kappa shape index (κ2) is 5.46. The van der Waals surface area contributed by atoms with Gasteiger partial charge < -0.3 is 10.2 Å². The first-order valence-electron chi connectivity index (χ1n) is 5.15. The van der Waals surface area contributed by atoms with Crippen LogP contribution in [0.2, 0.25) is 5.02 Å². The molecule has 0 atom stereocenters. The number of carbonyl (C=O) groups is 1. The van der Waals surface area contributed by atoms with E-state index in [9.17, 15) is 4.79 Å². The second-order valence-corrected chi connectivity index (χ2v) is 5.20. The van der Waals surface area contributed by atoms with E-state index < -0.39 is 0 Å². The number of nitrogens with one attached hydrogen (secondary N) is 1. The first-order valence-corrected chi connectivity index (χ1v) is 6.68. The largest absolute Gasteiger partial charge is 0.323 e. The van der Waals surface area contributed by atoms with Gasteiger partial charge in [0.2, 0.25) is 0 Å². The van der Waals surface area contributed by atoms with Gasteiger partial charge in [0, 0.05) is 35.3 Å². The molecule has 1 heterocycles. The van der Waals surface area contributed by atoms with Gasteiger partial charge >= 0.3 is 6.03 Å². The van der Waals surface area contributed by atoms with Crippen LogP contribution in [0.1, 0.15) is 0 Å². The molecular weight excluding hydrogens is 244 g/mol. The zero-order valence-electron chi connectivity index (χ0n) is 8.78. The lowest BCUT2D eigenvalue weighted by Crippen LogP contribution is -2.40. The summed E-state index contributed by atoms with van der Waals surface area (Å²) < 4.78 is 0. The summed E-state index contributed by atoms with van der Waals surface area (Å²) in [4.78, 5) is 13.7. The minimum atomic E-state index is -0.0253. The Balaban J connectivity index is 1.93. The van der Waals surface area contributed by atoms with Crippen LogP contribution in [0, 0.1) is 0 Å². The van der Waals surface area contributed by atoms with Gasteiger partial charge in [-0.1, -0.05) is 11.6 Å². The number of thioether (sulfide) groups is 1. The van der Waals surface area contributed by atoms with E-state index in [0.29, 0.717) is 5.02 Å². The quantitative estimate of drug-likeness (QED) is 0.838. The molecule has 1 aromatic rings. The highest BCUT2D eigenvalue weighted by Crippen LogP contribution is 2.15. The number of carbonyl (C=O) groups excluding carboxylic acids is 1. The van der Waals surface area contributed by atoms with Crippen LogP contribution in [0.25, 0.3) is 0 Å². The van der Waals surface area contributed by atoms with Gasteiger partial charge in [-0.05, 0) is 24.3 Å². The van der Waals surface area contributed by atoms with Gasteiger partial charge in [-0.3, -0.25) is 0 Å². The van der Waals surface area contributed by atoms with E-state index in [1.165, 1.54) is 0 Å². The maximum atomic E-state index is 11.8. The molecule has 1 aromatic carbocycles. The summed E-state index contributed by atoms with van der Waals surface area (Å²) in [5.74, 6) is 2.04. The number of halogens is 1. The highest BCUT2D eigenvalue weighted by atomic mass is 35.5. The number of benzene rings is 1. The molecule has 0 aromatic heterocycles. The topological polar surface area (TPSA) is 32.3 Å². The highest BCUT2D eigenvalue weighted by Gasteiger charge is 2.16. The lowest BCUT2D eigenvalue weighted by Gasteiger charge is -2.26. The zero-order chi connectivity index (χ0) is 11.4. The normalized spacial score (nSPS) is 15.9. The van der Waals surface area contributed by atoms with Crippen molar-refractivity contribution >= 4 is 35.1 Å². The zero-order valence-corrected chi connectivity index (χ0v) is 10.4. The standard InChI is InChI=1S/C11H13ClN2OS/c12-9-1-3-10(4-2-9)13-11(15)14-5-7-16-8-6-14/h1-4H,5-8H2,(H,13,15). The summed E-state index contributed by atoms with van der Waals surface area (Å²) >= 11 is 7.66. The van der Waals surface area contributed by atoms with E-state index in [1.54, 1.807) is 24.3 Å². The van der Waals surface area contributed by atoms with Gasteiger partial charge in [0.1, 0.15) is 0 Å². The molecule has 0 radical (unpaired) electrons. The molecule has 0 bridgehead atoms. The van der Waals surface area contributed by atoms with Crippen LogP contribution in [0.3, 0.4) is 0 Å². The third kappa shape index (κ3) is 3.06. The minimum absolute atomic E-state index is 0.0253. The van der Waals surface area contributed by atoms with Gasteiger partial charge in [0.05, 0.1) is 0 Å². The van der Waals surface area contributed by atoms with Crippen molar-refractivity contribution in [2.45, 2.75) is 0 Å². The predicted octanol–water partition coefficient (Wildman–Crippen LogP) is 2.92. The Morgan fingerprint density at radius 3 is 2.50 bits per heavy atom. The Morgan fingerprint density at radius 2 is 1.88 bits per heavy atom. The van der Waals surface area contributed by atoms with Crippen molar-refractivity contribution in [2.24, 2.45) is 0 Å². The van der Waals surface area contributed by atoms with Crippen molar-refractivity contribution in [3.05, 3.63) is 29.3 Å². The van der Waals surface area contributed by atoms with Crippen LogP contribution in [-0.4, -0.2) is 35.5 Å². The Labute approximate surface area is 104 Å². The molecular formula is C11H13ClN2OS. The SMILES string of the molecule is O=C(Nc1ccc(Cl)cc1)N1CCSCC1. The van der Waals surface area contributed by atoms with Crippen molar-refractivity contribution < 1.29 is 4.79 Å². The molecule has 0 spiro atoms. The maximum absolute atomic E-state index is 11.8. The fraction of sp³-hybridized carbons (Fsp3) is 0.364. The molecule has 1 aliphatic rings. The molecule has 16 heavy (non-hydrogen) atoms. The number of urea groups is 1. The summed E-state index contributed by atoms with van der Waals surface area (Å²) in [5, 5.41) is 3.53. The number of rotatable bonds is 1. The molecule has 3 nitrogen and oxygen atoms in total. The molecule has 0 unspecified atom stereocenters. The van der Waals surface area contributed by atoms with Crippen LogP contribution >= 0.6 is 23.4 Å². The molecule has 2 amide bonds. The van der Waals surface area contributed by atoms with E-state index in [1.807, 2.05) is 16.7 Å². The van der Waals surface area contributed by atoms with Gasteiger partial charge in [-0.25, -0.2) is 4.79 Å². The Hall–Kier alpha value is -0.870. The monoisotopic (exact) mass is 256 g/mol. The molecule has 1 N–H and O–H groups in total. The predicted molar refractivity (Wildman–Crippen MR) is 69.4 cm³/mol. The smallest absolute Gasteiger partial charge is 0.321 e. The Kier molecular flexibility index (Phi) is 3.96. The van der Waals surface area contributed by atoms with E-state index in [-0.39, 0.29) is 6.03 Å². The summed E-state index contributed by atoms with van der Waals surface area (Å²) in [6.45, 7) is 1.65.